The second-order valence-corrected chi connectivity index (χ2v) is 3.09. The van der Waals surface area contributed by atoms with Gasteiger partial charge in [0.05, 0.1) is 0 Å². The maximum absolute atomic E-state index is 10.2. The second kappa shape index (κ2) is 2.74. The van der Waals surface area contributed by atoms with E-state index in [4.69, 9.17) is 0 Å². The minimum atomic E-state index is -2.05. The van der Waals surface area contributed by atoms with Gasteiger partial charge in [0.1, 0.15) is 0 Å². The molecule has 1 aliphatic rings. The summed E-state index contributed by atoms with van der Waals surface area (Å²) in [6, 6.07) is 0.184. The second-order valence-electron chi connectivity index (χ2n) is 2.08. The summed E-state index contributed by atoms with van der Waals surface area (Å²) in [5.41, 5.74) is 0. The molecule has 5 heteroatoms. The van der Waals surface area contributed by atoms with E-state index in [1.54, 1.807) is 7.05 Å². The van der Waals surface area contributed by atoms with E-state index in [0.717, 1.165) is 13.1 Å². The van der Waals surface area contributed by atoms with Crippen LogP contribution < -0.4 is 5.32 Å². The van der Waals surface area contributed by atoms with Crippen LogP contribution in [0.4, 0.5) is 0 Å². The average Bonchev–Trinajstić information content (AvgIpc) is 1.60. The Morgan fingerprint density at radius 2 is 2.33 bits per heavy atom. The van der Waals surface area contributed by atoms with Gasteiger partial charge in [0.2, 0.25) is 0 Å². The van der Waals surface area contributed by atoms with Gasteiger partial charge in [0, 0.05) is 30.4 Å². The van der Waals surface area contributed by atoms with Gasteiger partial charge in [-0.3, -0.25) is 4.21 Å². The molecule has 1 rings (SSSR count). The molecule has 1 heterocycles. The topological polar surface area (TPSA) is 55.4 Å². The molecule has 0 aromatic carbocycles. The molecule has 9 heavy (non-hydrogen) atoms. The first-order chi connectivity index (χ1) is 4.22. The third-order valence-corrected chi connectivity index (χ3v) is 2.28. The van der Waals surface area contributed by atoms with E-state index in [2.05, 4.69) is 5.32 Å². The van der Waals surface area contributed by atoms with Crippen LogP contribution in [-0.2, 0) is 11.3 Å². The van der Waals surface area contributed by atoms with Crippen LogP contribution >= 0.6 is 0 Å². The normalized spacial score (nSPS) is 23.9. The molecule has 1 N–H and O–H groups in total. The zero-order chi connectivity index (χ0) is 6.85. The molecule has 0 radical (unpaired) electrons. The summed E-state index contributed by atoms with van der Waals surface area (Å²) >= 11 is -2.05. The molecule has 0 bridgehead atoms. The highest BCUT2D eigenvalue weighted by atomic mass is 32.2. The van der Waals surface area contributed by atoms with Gasteiger partial charge >= 0.3 is 0 Å². The Kier molecular flexibility index (Phi) is 2.18. The molecule has 0 spiro atoms. The lowest BCUT2D eigenvalue weighted by Crippen LogP contribution is -2.56. The lowest BCUT2D eigenvalue weighted by molar-refractivity contribution is 0.267. The van der Waals surface area contributed by atoms with Gasteiger partial charge in [-0.1, -0.05) is 0 Å². The van der Waals surface area contributed by atoms with Crippen LogP contribution in [0, 0.1) is 0 Å². The summed E-state index contributed by atoms with van der Waals surface area (Å²) in [5.74, 6) is 0. The van der Waals surface area contributed by atoms with Gasteiger partial charge in [0.25, 0.3) is 0 Å². The zero-order valence-electron chi connectivity index (χ0n) is 5.16. The van der Waals surface area contributed by atoms with Gasteiger partial charge in [-0.2, -0.15) is 0 Å². The van der Waals surface area contributed by atoms with E-state index in [1.165, 1.54) is 4.31 Å². The zero-order valence-corrected chi connectivity index (χ0v) is 5.98. The smallest absolute Gasteiger partial charge is 0.0461 e. The molecule has 1 unspecified atom stereocenters. The van der Waals surface area contributed by atoms with Crippen molar-refractivity contribution in [3.63, 3.8) is 0 Å². The third-order valence-electron chi connectivity index (χ3n) is 1.51. The number of rotatable bonds is 2. The van der Waals surface area contributed by atoms with Crippen LogP contribution in [0.1, 0.15) is 0 Å². The first-order valence-corrected chi connectivity index (χ1v) is 3.78. The molecule has 0 aromatic rings. The van der Waals surface area contributed by atoms with Crippen molar-refractivity contribution >= 4 is 11.3 Å². The highest BCUT2D eigenvalue weighted by Gasteiger charge is 2.21. The molecule has 0 saturated carbocycles. The summed E-state index contributed by atoms with van der Waals surface area (Å²) in [7, 11) is 1.58. The number of nitrogens with one attached hydrogen (secondary N) is 1. The maximum atomic E-state index is 10.2. The monoisotopic (exact) mass is 149 g/mol. The highest BCUT2D eigenvalue weighted by Crippen LogP contribution is 2.02. The molecule has 0 aliphatic carbocycles. The van der Waals surface area contributed by atoms with E-state index >= 15 is 0 Å². The largest absolute Gasteiger partial charge is 0.760 e. The van der Waals surface area contributed by atoms with Gasteiger partial charge in [0.15, 0.2) is 0 Å². The van der Waals surface area contributed by atoms with Crippen molar-refractivity contribution in [3.05, 3.63) is 0 Å². The van der Waals surface area contributed by atoms with Crippen LogP contribution in [0.5, 0.6) is 0 Å². The average molecular weight is 149 g/mol. The summed E-state index contributed by atoms with van der Waals surface area (Å²) in [5, 5.41) is 2.98. The van der Waals surface area contributed by atoms with Crippen LogP contribution in [0.3, 0.4) is 0 Å². The van der Waals surface area contributed by atoms with Gasteiger partial charge in [-0.25, -0.2) is 4.31 Å². The van der Waals surface area contributed by atoms with Crippen molar-refractivity contribution in [1.29, 1.82) is 0 Å². The molecular weight excluding hydrogens is 140 g/mol. The Bertz CT molecular complexity index is 126. The first-order valence-electron chi connectivity index (χ1n) is 2.74. The quantitative estimate of drug-likeness (QED) is 0.496. The molecular formula is C4H9N2O2S-. The van der Waals surface area contributed by atoms with E-state index in [-0.39, 0.29) is 6.04 Å². The fourth-order valence-electron chi connectivity index (χ4n) is 0.652. The predicted molar refractivity (Wildman–Crippen MR) is 33.3 cm³/mol. The summed E-state index contributed by atoms with van der Waals surface area (Å²) < 4.78 is 21.8. The molecule has 0 amide bonds. The summed E-state index contributed by atoms with van der Waals surface area (Å²) in [6.07, 6.45) is 0. The van der Waals surface area contributed by atoms with E-state index < -0.39 is 11.3 Å². The van der Waals surface area contributed by atoms with Crippen molar-refractivity contribution in [1.82, 2.24) is 9.62 Å². The maximum Gasteiger partial charge on any atom is 0.0461 e. The standard InChI is InChI=1S/C4H10N2O2S/c1-6(9(7)8)4-2-5-3-4/h4-5H,2-3H2,1H3,(H,7,8)/p-1. The number of nitrogens with zero attached hydrogens (tertiary/aromatic N) is 1. The highest BCUT2D eigenvalue weighted by molar-refractivity contribution is 7.76. The molecule has 54 valence electrons. The van der Waals surface area contributed by atoms with Crippen LogP contribution in [0.25, 0.3) is 0 Å². The molecule has 1 atom stereocenters. The van der Waals surface area contributed by atoms with Crippen molar-refractivity contribution in [3.8, 4) is 0 Å². The van der Waals surface area contributed by atoms with Crippen LogP contribution in [0.15, 0.2) is 0 Å². The van der Waals surface area contributed by atoms with Crippen molar-refractivity contribution in [2.45, 2.75) is 6.04 Å². The Morgan fingerprint density at radius 3 is 2.44 bits per heavy atom. The van der Waals surface area contributed by atoms with Crippen molar-refractivity contribution < 1.29 is 8.76 Å². The fraction of sp³-hybridized carbons (Fsp3) is 1.00. The van der Waals surface area contributed by atoms with E-state index in [0.29, 0.717) is 0 Å². The van der Waals surface area contributed by atoms with Crippen molar-refractivity contribution in [2.24, 2.45) is 0 Å². The SMILES string of the molecule is CN(C1CNC1)S(=O)[O-]. The lowest BCUT2D eigenvalue weighted by atomic mass is 10.2. The third kappa shape index (κ3) is 1.48. The van der Waals surface area contributed by atoms with Gasteiger partial charge < -0.3 is 9.87 Å². The summed E-state index contributed by atoms with van der Waals surface area (Å²) in [6.45, 7) is 1.56. The number of hydrogen-bond donors (Lipinski definition) is 1. The van der Waals surface area contributed by atoms with E-state index in [1.807, 2.05) is 0 Å². The van der Waals surface area contributed by atoms with Crippen molar-refractivity contribution in [2.75, 3.05) is 20.1 Å². The predicted octanol–water partition coefficient (Wildman–Crippen LogP) is -1.32. The lowest BCUT2D eigenvalue weighted by Gasteiger charge is -2.36. The van der Waals surface area contributed by atoms with Gasteiger partial charge in [-0.05, 0) is 7.05 Å². The number of likely N-dealkylation sites (N-methyl/N-ethyl adjacent to an activating group) is 1. The number of hydrogen-bond acceptors (Lipinski definition) is 3. The Morgan fingerprint density at radius 1 is 1.78 bits per heavy atom. The fourth-order valence-corrected chi connectivity index (χ4v) is 1.04. The Balaban J connectivity index is 2.32. The minimum absolute atomic E-state index is 0.184. The summed E-state index contributed by atoms with van der Waals surface area (Å²) in [4.78, 5) is 0. The molecule has 4 nitrogen and oxygen atoms in total. The first kappa shape index (κ1) is 7.14. The Labute approximate surface area is 56.7 Å². The molecule has 1 fully saturated rings. The Hall–Kier alpha value is 0.0300. The van der Waals surface area contributed by atoms with Gasteiger partial charge in [-0.15, -0.1) is 0 Å². The molecule has 1 saturated heterocycles. The van der Waals surface area contributed by atoms with E-state index in [9.17, 15) is 8.76 Å². The molecule has 1 aliphatic heterocycles. The molecule has 0 aromatic heterocycles. The minimum Gasteiger partial charge on any atom is -0.760 e. The van der Waals surface area contributed by atoms with Crippen LogP contribution in [0.2, 0.25) is 0 Å². The van der Waals surface area contributed by atoms with Crippen LogP contribution in [-0.4, -0.2) is 39.2 Å².